The topological polar surface area (TPSA) is 40.5 Å². The molecule has 4 atom stereocenters. The molecule has 14 heavy (non-hydrogen) atoms. The fourth-order valence-corrected chi connectivity index (χ4v) is 3.75. The first-order chi connectivity index (χ1) is 6.67. The predicted octanol–water partition coefficient (Wildman–Crippen LogP) is 2.09. The largest absolute Gasteiger partial charge is 0.393 e. The van der Waals surface area contributed by atoms with Crippen molar-refractivity contribution in [2.24, 2.45) is 11.3 Å². The monoisotopic (exact) mass is 198 g/mol. The van der Waals surface area contributed by atoms with Crippen LogP contribution in [0.3, 0.4) is 0 Å². The minimum Gasteiger partial charge on any atom is -0.393 e. The van der Waals surface area contributed by atoms with Gasteiger partial charge in [-0.25, -0.2) is 0 Å². The van der Waals surface area contributed by atoms with Crippen molar-refractivity contribution < 1.29 is 10.2 Å². The molecule has 2 saturated carbocycles. The third-order valence-electron chi connectivity index (χ3n) is 4.58. The SMILES string of the molecule is C[C@H](O)C12CCCC[C@H]1[C@@H](O)CCC2. The number of aliphatic hydroxyl groups excluding tert-OH is 2. The lowest BCUT2D eigenvalue weighted by Crippen LogP contribution is -2.50. The molecule has 2 heteroatoms. The van der Waals surface area contributed by atoms with Crippen LogP contribution in [0.5, 0.6) is 0 Å². The van der Waals surface area contributed by atoms with Crippen LogP contribution in [0.15, 0.2) is 0 Å². The Labute approximate surface area is 86.3 Å². The Bertz CT molecular complexity index is 198. The average Bonchev–Trinajstić information content (AvgIpc) is 2.18. The summed E-state index contributed by atoms with van der Waals surface area (Å²) >= 11 is 0. The number of hydrogen-bond acceptors (Lipinski definition) is 2. The third-order valence-corrected chi connectivity index (χ3v) is 4.58. The van der Waals surface area contributed by atoms with Gasteiger partial charge in [0.2, 0.25) is 0 Å². The summed E-state index contributed by atoms with van der Waals surface area (Å²) in [4.78, 5) is 0. The molecule has 82 valence electrons. The molecule has 2 fully saturated rings. The van der Waals surface area contributed by atoms with Crippen LogP contribution >= 0.6 is 0 Å². The van der Waals surface area contributed by atoms with E-state index in [0.717, 1.165) is 32.1 Å². The third kappa shape index (κ3) is 1.49. The lowest BCUT2D eigenvalue weighted by molar-refractivity contribution is -0.114. The van der Waals surface area contributed by atoms with Crippen molar-refractivity contribution >= 4 is 0 Å². The maximum absolute atomic E-state index is 10.0. The van der Waals surface area contributed by atoms with Crippen molar-refractivity contribution in [3.8, 4) is 0 Å². The van der Waals surface area contributed by atoms with Gasteiger partial charge in [0.1, 0.15) is 0 Å². The van der Waals surface area contributed by atoms with Crippen LogP contribution in [-0.4, -0.2) is 22.4 Å². The molecular weight excluding hydrogens is 176 g/mol. The van der Waals surface area contributed by atoms with Crippen molar-refractivity contribution in [2.45, 2.75) is 64.1 Å². The molecule has 0 saturated heterocycles. The molecular formula is C12H22O2. The fraction of sp³-hybridized carbons (Fsp3) is 1.00. The zero-order valence-corrected chi connectivity index (χ0v) is 9.08. The van der Waals surface area contributed by atoms with Gasteiger partial charge in [0.15, 0.2) is 0 Å². The highest BCUT2D eigenvalue weighted by atomic mass is 16.3. The summed E-state index contributed by atoms with van der Waals surface area (Å²) in [6, 6.07) is 0. The molecule has 2 aliphatic rings. The number of hydrogen-bond donors (Lipinski definition) is 2. The summed E-state index contributed by atoms with van der Waals surface area (Å²) in [5.41, 5.74) is 0.0515. The summed E-state index contributed by atoms with van der Waals surface area (Å²) in [5.74, 6) is 0.366. The van der Waals surface area contributed by atoms with Crippen molar-refractivity contribution in [3.05, 3.63) is 0 Å². The number of aliphatic hydroxyl groups is 2. The zero-order valence-electron chi connectivity index (χ0n) is 9.08. The number of fused-ring (bicyclic) bond motifs is 1. The van der Waals surface area contributed by atoms with E-state index in [-0.39, 0.29) is 17.6 Å². The molecule has 0 bridgehead atoms. The van der Waals surface area contributed by atoms with Crippen LogP contribution in [0.25, 0.3) is 0 Å². The van der Waals surface area contributed by atoms with Gasteiger partial charge in [0, 0.05) is 5.41 Å². The first-order valence-corrected chi connectivity index (χ1v) is 6.03. The summed E-state index contributed by atoms with van der Waals surface area (Å²) in [5, 5.41) is 20.0. The quantitative estimate of drug-likeness (QED) is 0.677. The van der Waals surface area contributed by atoms with Crippen molar-refractivity contribution in [2.75, 3.05) is 0 Å². The van der Waals surface area contributed by atoms with Gasteiger partial charge in [0.05, 0.1) is 12.2 Å². The zero-order chi connectivity index (χ0) is 10.2. The molecule has 0 aromatic rings. The average molecular weight is 198 g/mol. The Hall–Kier alpha value is -0.0800. The molecule has 0 aromatic heterocycles. The smallest absolute Gasteiger partial charge is 0.0574 e. The van der Waals surface area contributed by atoms with Crippen LogP contribution in [-0.2, 0) is 0 Å². The Kier molecular flexibility index (Phi) is 2.85. The van der Waals surface area contributed by atoms with E-state index in [0.29, 0.717) is 5.92 Å². The lowest BCUT2D eigenvalue weighted by Gasteiger charge is -2.51. The van der Waals surface area contributed by atoms with E-state index in [1.807, 2.05) is 6.92 Å². The highest BCUT2D eigenvalue weighted by Gasteiger charge is 2.48. The van der Waals surface area contributed by atoms with Gasteiger partial charge in [-0.1, -0.05) is 19.3 Å². The van der Waals surface area contributed by atoms with Gasteiger partial charge in [-0.3, -0.25) is 0 Å². The Morgan fingerprint density at radius 1 is 1.14 bits per heavy atom. The molecule has 0 aliphatic heterocycles. The fourth-order valence-electron chi connectivity index (χ4n) is 3.75. The van der Waals surface area contributed by atoms with E-state index < -0.39 is 0 Å². The first-order valence-electron chi connectivity index (χ1n) is 6.03. The molecule has 2 aliphatic carbocycles. The molecule has 0 aromatic carbocycles. The van der Waals surface area contributed by atoms with Gasteiger partial charge in [-0.2, -0.15) is 0 Å². The lowest BCUT2D eigenvalue weighted by atomic mass is 9.56. The minimum absolute atomic E-state index is 0.0515. The molecule has 0 spiro atoms. The van der Waals surface area contributed by atoms with E-state index in [4.69, 9.17) is 0 Å². The second-order valence-electron chi connectivity index (χ2n) is 5.22. The van der Waals surface area contributed by atoms with E-state index in [1.54, 1.807) is 0 Å². The summed E-state index contributed by atoms with van der Waals surface area (Å²) < 4.78 is 0. The van der Waals surface area contributed by atoms with Crippen molar-refractivity contribution in [3.63, 3.8) is 0 Å². The molecule has 2 N–H and O–H groups in total. The van der Waals surface area contributed by atoms with Gasteiger partial charge in [-0.05, 0) is 38.5 Å². The standard InChI is InChI=1S/C12H22O2/c1-9(13)12-7-3-2-5-10(12)11(14)6-4-8-12/h9-11,13-14H,2-8H2,1H3/t9-,10-,11-,12?/m0/s1. The minimum atomic E-state index is -0.247. The van der Waals surface area contributed by atoms with Crippen molar-refractivity contribution in [1.29, 1.82) is 0 Å². The van der Waals surface area contributed by atoms with Gasteiger partial charge in [-0.15, -0.1) is 0 Å². The van der Waals surface area contributed by atoms with Crippen molar-refractivity contribution in [1.82, 2.24) is 0 Å². The van der Waals surface area contributed by atoms with E-state index in [1.165, 1.54) is 12.8 Å². The normalized spacial score (nSPS) is 45.6. The second-order valence-corrected chi connectivity index (χ2v) is 5.22. The Morgan fingerprint density at radius 3 is 2.50 bits per heavy atom. The highest BCUT2D eigenvalue weighted by Crippen LogP contribution is 2.52. The number of rotatable bonds is 1. The van der Waals surface area contributed by atoms with Crippen LogP contribution < -0.4 is 0 Å². The molecule has 0 radical (unpaired) electrons. The van der Waals surface area contributed by atoms with Crippen LogP contribution in [0, 0.1) is 11.3 Å². The van der Waals surface area contributed by atoms with Gasteiger partial charge < -0.3 is 10.2 Å². The predicted molar refractivity (Wildman–Crippen MR) is 55.9 cm³/mol. The van der Waals surface area contributed by atoms with E-state index in [2.05, 4.69) is 0 Å². The molecule has 0 heterocycles. The van der Waals surface area contributed by atoms with Crippen LogP contribution in [0.4, 0.5) is 0 Å². The first kappa shape index (κ1) is 10.4. The summed E-state index contributed by atoms with van der Waals surface area (Å²) in [6.45, 7) is 1.91. The summed E-state index contributed by atoms with van der Waals surface area (Å²) in [7, 11) is 0. The maximum atomic E-state index is 10.0. The van der Waals surface area contributed by atoms with Gasteiger partial charge in [0.25, 0.3) is 0 Å². The highest BCUT2D eigenvalue weighted by molar-refractivity contribution is 4.99. The Morgan fingerprint density at radius 2 is 1.86 bits per heavy atom. The molecule has 0 amide bonds. The van der Waals surface area contributed by atoms with E-state index >= 15 is 0 Å². The second kappa shape index (κ2) is 3.82. The van der Waals surface area contributed by atoms with Crippen LogP contribution in [0.1, 0.15) is 51.9 Å². The molecule has 1 unspecified atom stereocenters. The molecule has 2 rings (SSSR count). The van der Waals surface area contributed by atoms with E-state index in [9.17, 15) is 10.2 Å². The summed E-state index contributed by atoms with van der Waals surface area (Å²) in [6.07, 6.45) is 7.44. The molecule has 2 nitrogen and oxygen atoms in total. The maximum Gasteiger partial charge on any atom is 0.0574 e. The van der Waals surface area contributed by atoms with Crippen LogP contribution in [0.2, 0.25) is 0 Å². The van der Waals surface area contributed by atoms with Gasteiger partial charge >= 0.3 is 0 Å². The Balaban J connectivity index is 2.22.